The summed E-state index contributed by atoms with van der Waals surface area (Å²) < 4.78 is 0. The zero-order valence-electron chi connectivity index (χ0n) is 17.3. The Labute approximate surface area is 177 Å². The maximum Gasteiger partial charge on any atom is 0.251 e. The molecule has 1 atom stereocenters. The van der Waals surface area contributed by atoms with E-state index >= 15 is 0 Å². The van der Waals surface area contributed by atoms with E-state index in [9.17, 15) is 9.59 Å². The summed E-state index contributed by atoms with van der Waals surface area (Å²) in [4.78, 5) is 29.5. The molecule has 2 aromatic carbocycles. The first-order chi connectivity index (χ1) is 14.5. The van der Waals surface area contributed by atoms with E-state index in [-0.39, 0.29) is 12.5 Å². The van der Waals surface area contributed by atoms with Gasteiger partial charge in [-0.15, -0.1) is 0 Å². The quantitative estimate of drug-likeness (QED) is 0.479. The molecular formula is C23H29N5O2. The lowest BCUT2D eigenvalue weighted by Gasteiger charge is -2.22. The molecule has 7 nitrogen and oxygen atoms in total. The van der Waals surface area contributed by atoms with Crippen molar-refractivity contribution in [2.45, 2.75) is 19.4 Å². The van der Waals surface area contributed by atoms with Crippen molar-refractivity contribution in [1.82, 2.24) is 15.5 Å². The molecule has 30 heavy (non-hydrogen) atoms. The van der Waals surface area contributed by atoms with Gasteiger partial charge < -0.3 is 21.3 Å². The Morgan fingerprint density at radius 3 is 2.47 bits per heavy atom. The van der Waals surface area contributed by atoms with Gasteiger partial charge in [-0.05, 0) is 42.0 Å². The van der Waals surface area contributed by atoms with Crippen LogP contribution in [-0.4, -0.2) is 49.4 Å². The first-order valence-corrected chi connectivity index (χ1v) is 10.2. The van der Waals surface area contributed by atoms with Crippen LogP contribution in [0.15, 0.2) is 59.6 Å². The number of nitrogens with one attached hydrogen (secondary N) is 2. The highest BCUT2D eigenvalue weighted by Gasteiger charge is 2.24. The predicted molar refractivity (Wildman–Crippen MR) is 118 cm³/mol. The van der Waals surface area contributed by atoms with Crippen LogP contribution in [0.2, 0.25) is 0 Å². The molecule has 0 radical (unpaired) electrons. The third kappa shape index (κ3) is 6.07. The normalized spacial score (nSPS) is 16.4. The van der Waals surface area contributed by atoms with Crippen LogP contribution in [0.5, 0.6) is 0 Å². The maximum atomic E-state index is 11.9. The number of benzene rings is 2. The minimum atomic E-state index is -0.566. The lowest BCUT2D eigenvalue weighted by Crippen LogP contribution is -2.39. The number of rotatable bonds is 7. The van der Waals surface area contributed by atoms with Crippen LogP contribution in [0, 0.1) is 5.92 Å². The van der Waals surface area contributed by atoms with Crippen LogP contribution < -0.4 is 16.4 Å². The van der Waals surface area contributed by atoms with Gasteiger partial charge in [0, 0.05) is 32.2 Å². The Morgan fingerprint density at radius 2 is 1.80 bits per heavy atom. The van der Waals surface area contributed by atoms with Gasteiger partial charge in [0.1, 0.15) is 0 Å². The van der Waals surface area contributed by atoms with E-state index in [4.69, 9.17) is 5.73 Å². The average molecular weight is 408 g/mol. The van der Waals surface area contributed by atoms with Crippen LogP contribution in [-0.2, 0) is 17.8 Å². The van der Waals surface area contributed by atoms with Gasteiger partial charge >= 0.3 is 0 Å². The molecule has 0 spiro atoms. The number of likely N-dealkylation sites (tertiary alicyclic amines) is 1. The summed E-state index contributed by atoms with van der Waals surface area (Å²) in [5.41, 5.74) is 7.96. The minimum absolute atomic E-state index is 0.167. The molecule has 1 unspecified atom stereocenters. The second kappa shape index (κ2) is 10.4. The number of aliphatic imine (C=N–C) groups is 1. The van der Waals surface area contributed by atoms with E-state index in [0.717, 1.165) is 37.5 Å². The van der Waals surface area contributed by atoms with Crippen molar-refractivity contribution in [3.8, 4) is 0 Å². The summed E-state index contributed by atoms with van der Waals surface area (Å²) in [6.45, 7) is 2.44. The number of nitrogens with zero attached hydrogens (tertiary/aromatic N) is 2. The number of carbonyl (C=O) groups excluding carboxylic acids is 2. The maximum absolute atomic E-state index is 11.9. The summed E-state index contributed by atoms with van der Waals surface area (Å²) in [6, 6.07) is 17.9. The SMILES string of the molecule is CN=C(NCc1ccc(C(=O)NCC(N)=O)cc1)N1CCC(Cc2ccccc2)C1. The van der Waals surface area contributed by atoms with Crippen molar-refractivity contribution in [3.05, 3.63) is 71.3 Å². The van der Waals surface area contributed by atoms with Gasteiger partial charge in [-0.3, -0.25) is 14.6 Å². The molecule has 1 heterocycles. The number of hydrogen-bond acceptors (Lipinski definition) is 3. The van der Waals surface area contributed by atoms with Crippen LogP contribution in [0.1, 0.15) is 27.9 Å². The summed E-state index contributed by atoms with van der Waals surface area (Å²) >= 11 is 0. The van der Waals surface area contributed by atoms with Gasteiger partial charge in [-0.1, -0.05) is 42.5 Å². The van der Waals surface area contributed by atoms with Crippen molar-refractivity contribution in [2.75, 3.05) is 26.7 Å². The van der Waals surface area contributed by atoms with E-state index in [1.807, 2.05) is 12.1 Å². The zero-order chi connectivity index (χ0) is 21.3. The monoisotopic (exact) mass is 407 g/mol. The van der Waals surface area contributed by atoms with Gasteiger partial charge in [0.2, 0.25) is 5.91 Å². The molecule has 1 aliphatic heterocycles. The lowest BCUT2D eigenvalue weighted by atomic mass is 9.99. The first kappa shape index (κ1) is 21.4. The van der Waals surface area contributed by atoms with Crippen molar-refractivity contribution in [2.24, 2.45) is 16.6 Å². The average Bonchev–Trinajstić information content (AvgIpc) is 3.22. The molecular weight excluding hydrogens is 378 g/mol. The van der Waals surface area contributed by atoms with Crippen molar-refractivity contribution < 1.29 is 9.59 Å². The van der Waals surface area contributed by atoms with Gasteiger partial charge in [0.15, 0.2) is 5.96 Å². The number of primary amides is 1. The van der Waals surface area contributed by atoms with Crippen molar-refractivity contribution >= 4 is 17.8 Å². The number of amides is 2. The van der Waals surface area contributed by atoms with E-state index in [1.165, 1.54) is 5.56 Å². The smallest absolute Gasteiger partial charge is 0.251 e. The molecule has 2 aromatic rings. The van der Waals surface area contributed by atoms with Crippen LogP contribution >= 0.6 is 0 Å². The van der Waals surface area contributed by atoms with Gasteiger partial charge in [0.05, 0.1) is 6.54 Å². The molecule has 2 amide bonds. The minimum Gasteiger partial charge on any atom is -0.368 e. The fourth-order valence-electron chi connectivity index (χ4n) is 3.70. The highest BCUT2D eigenvalue weighted by molar-refractivity contribution is 5.96. The number of hydrogen-bond donors (Lipinski definition) is 3. The van der Waals surface area contributed by atoms with Crippen LogP contribution in [0.4, 0.5) is 0 Å². The number of nitrogens with two attached hydrogens (primary N) is 1. The van der Waals surface area contributed by atoms with Crippen molar-refractivity contribution in [3.63, 3.8) is 0 Å². The molecule has 0 aliphatic carbocycles. The van der Waals surface area contributed by atoms with E-state index in [0.29, 0.717) is 18.0 Å². The third-order valence-corrected chi connectivity index (χ3v) is 5.25. The van der Waals surface area contributed by atoms with E-state index < -0.39 is 5.91 Å². The third-order valence-electron chi connectivity index (χ3n) is 5.25. The Hall–Kier alpha value is -3.35. The first-order valence-electron chi connectivity index (χ1n) is 10.2. The fraction of sp³-hybridized carbons (Fsp3) is 0.348. The Bertz CT molecular complexity index is 880. The largest absolute Gasteiger partial charge is 0.368 e. The molecule has 7 heteroatoms. The molecule has 1 fully saturated rings. The molecule has 3 rings (SSSR count). The van der Waals surface area contributed by atoms with E-state index in [2.05, 4.69) is 50.9 Å². The molecule has 1 saturated heterocycles. The van der Waals surface area contributed by atoms with Crippen LogP contribution in [0.3, 0.4) is 0 Å². The Morgan fingerprint density at radius 1 is 1.07 bits per heavy atom. The zero-order valence-corrected chi connectivity index (χ0v) is 17.3. The van der Waals surface area contributed by atoms with Gasteiger partial charge in [-0.25, -0.2) is 0 Å². The van der Waals surface area contributed by atoms with Crippen molar-refractivity contribution in [1.29, 1.82) is 0 Å². The van der Waals surface area contributed by atoms with Crippen LogP contribution in [0.25, 0.3) is 0 Å². The molecule has 0 saturated carbocycles. The molecule has 1 aliphatic rings. The molecule has 0 aromatic heterocycles. The summed E-state index contributed by atoms with van der Waals surface area (Å²) in [5, 5.41) is 5.90. The summed E-state index contributed by atoms with van der Waals surface area (Å²) in [7, 11) is 1.80. The Kier molecular flexibility index (Phi) is 7.43. The fourth-order valence-corrected chi connectivity index (χ4v) is 3.70. The number of carbonyl (C=O) groups is 2. The summed E-state index contributed by atoms with van der Waals surface area (Å²) in [6.07, 6.45) is 2.25. The lowest BCUT2D eigenvalue weighted by molar-refractivity contribution is -0.117. The highest BCUT2D eigenvalue weighted by Crippen LogP contribution is 2.21. The standard InChI is InChI=1S/C23H29N5O2/c1-25-23(28-12-11-19(16-28)13-17-5-3-2-4-6-17)27-14-18-7-9-20(10-8-18)22(30)26-15-21(24)29/h2-10,19H,11-16H2,1H3,(H2,24,29)(H,25,27)(H,26,30). The van der Waals surface area contributed by atoms with Gasteiger partial charge in [0.25, 0.3) is 5.91 Å². The second-order valence-electron chi connectivity index (χ2n) is 7.54. The molecule has 0 bridgehead atoms. The summed E-state index contributed by atoms with van der Waals surface area (Å²) in [5.74, 6) is 0.645. The topological polar surface area (TPSA) is 99.8 Å². The van der Waals surface area contributed by atoms with Gasteiger partial charge in [-0.2, -0.15) is 0 Å². The second-order valence-corrected chi connectivity index (χ2v) is 7.54. The Balaban J connectivity index is 1.48. The highest BCUT2D eigenvalue weighted by atomic mass is 16.2. The number of guanidine groups is 1. The van der Waals surface area contributed by atoms with E-state index in [1.54, 1.807) is 19.2 Å². The molecule has 4 N–H and O–H groups in total. The molecule has 158 valence electrons. The predicted octanol–water partition coefficient (Wildman–Crippen LogP) is 1.54.